The highest BCUT2D eigenvalue weighted by molar-refractivity contribution is 14.1. The average molecular weight is 380 g/mol. The Hall–Kier alpha value is -1.89. The first-order chi connectivity index (χ1) is 9.66. The molecule has 0 atom stereocenters. The molecule has 5 heteroatoms. The summed E-state index contributed by atoms with van der Waals surface area (Å²) < 4.78 is 0.833. The van der Waals surface area contributed by atoms with Crippen LogP contribution < -0.4 is 10.9 Å². The van der Waals surface area contributed by atoms with Crippen LogP contribution in [-0.2, 0) is 11.2 Å². The Kier molecular flexibility index (Phi) is 5.11. The lowest BCUT2D eigenvalue weighted by atomic mass is 10.1. The second-order valence-electron chi connectivity index (χ2n) is 4.14. The zero-order chi connectivity index (χ0) is 14.4. The molecule has 102 valence electrons. The van der Waals surface area contributed by atoms with Gasteiger partial charge in [0, 0.05) is 3.57 Å². The number of amides is 2. The number of rotatable bonds is 3. The Labute approximate surface area is 130 Å². The third kappa shape index (κ3) is 4.06. The van der Waals surface area contributed by atoms with E-state index in [1.807, 2.05) is 42.5 Å². The highest BCUT2D eigenvalue weighted by Gasteiger charge is 2.10. The summed E-state index contributed by atoms with van der Waals surface area (Å²) in [5.74, 6) is -0.577. The molecule has 0 heterocycles. The molecular weight excluding hydrogens is 367 g/mol. The second kappa shape index (κ2) is 7.04. The van der Waals surface area contributed by atoms with Crippen molar-refractivity contribution in [3.8, 4) is 0 Å². The van der Waals surface area contributed by atoms with Crippen LogP contribution in [0, 0.1) is 3.57 Å². The molecule has 0 bridgehead atoms. The monoisotopic (exact) mass is 380 g/mol. The van der Waals surface area contributed by atoms with Crippen molar-refractivity contribution in [2.24, 2.45) is 0 Å². The zero-order valence-electron chi connectivity index (χ0n) is 10.6. The number of hydrazine groups is 1. The van der Waals surface area contributed by atoms with Gasteiger partial charge in [0.1, 0.15) is 0 Å². The highest BCUT2D eigenvalue weighted by atomic mass is 127. The summed E-state index contributed by atoms with van der Waals surface area (Å²) in [6.45, 7) is 0. The molecule has 0 saturated heterocycles. The molecule has 2 amide bonds. The summed E-state index contributed by atoms with van der Waals surface area (Å²) in [5.41, 5.74) is 6.26. The van der Waals surface area contributed by atoms with Crippen molar-refractivity contribution in [2.45, 2.75) is 6.42 Å². The van der Waals surface area contributed by atoms with Crippen LogP contribution in [0.4, 0.5) is 0 Å². The molecule has 0 unspecified atom stereocenters. The molecule has 2 rings (SSSR count). The lowest BCUT2D eigenvalue weighted by Gasteiger charge is -2.08. The predicted molar refractivity (Wildman–Crippen MR) is 84.9 cm³/mol. The zero-order valence-corrected chi connectivity index (χ0v) is 12.8. The predicted octanol–water partition coefficient (Wildman–Crippen LogP) is 2.29. The molecule has 2 aromatic carbocycles. The highest BCUT2D eigenvalue weighted by Crippen LogP contribution is 2.10. The van der Waals surface area contributed by atoms with E-state index in [-0.39, 0.29) is 18.2 Å². The maximum absolute atomic E-state index is 11.9. The molecule has 0 radical (unpaired) electrons. The minimum Gasteiger partial charge on any atom is -0.273 e. The van der Waals surface area contributed by atoms with Crippen molar-refractivity contribution >= 4 is 34.4 Å². The van der Waals surface area contributed by atoms with E-state index in [9.17, 15) is 9.59 Å². The van der Waals surface area contributed by atoms with Crippen LogP contribution in [0.1, 0.15) is 15.9 Å². The van der Waals surface area contributed by atoms with E-state index in [1.165, 1.54) is 0 Å². The Bertz CT molecular complexity index is 614. The number of hydrogen-bond donors (Lipinski definition) is 2. The molecule has 2 aromatic rings. The molecule has 0 saturated carbocycles. The fourth-order valence-corrected chi connectivity index (χ4v) is 2.30. The summed E-state index contributed by atoms with van der Waals surface area (Å²) in [6.07, 6.45) is 0.229. The maximum atomic E-state index is 11.9. The number of carbonyl (C=O) groups is 2. The van der Waals surface area contributed by atoms with Crippen molar-refractivity contribution in [3.63, 3.8) is 0 Å². The van der Waals surface area contributed by atoms with Crippen LogP contribution >= 0.6 is 22.6 Å². The molecule has 0 spiro atoms. The molecule has 4 nitrogen and oxygen atoms in total. The Morgan fingerprint density at radius 1 is 0.900 bits per heavy atom. The number of nitrogens with one attached hydrogen (secondary N) is 2. The van der Waals surface area contributed by atoms with Gasteiger partial charge in [-0.05, 0) is 40.3 Å². The van der Waals surface area contributed by atoms with Gasteiger partial charge in [-0.15, -0.1) is 0 Å². The average Bonchev–Trinajstić information content (AvgIpc) is 2.46. The van der Waals surface area contributed by atoms with Crippen LogP contribution in [0.25, 0.3) is 0 Å². The normalized spacial score (nSPS) is 9.85. The fraction of sp³-hybridized carbons (Fsp3) is 0.0667. The summed E-state index contributed by atoms with van der Waals surface area (Å²) in [4.78, 5) is 23.6. The molecule has 0 aliphatic rings. The van der Waals surface area contributed by atoms with Crippen LogP contribution in [0.15, 0.2) is 54.6 Å². The van der Waals surface area contributed by atoms with Gasteiger partial charge >= 0.3 is 0 Å². The molecular formula is C15H13IN2O2. The van der Waals surface area contributed by atoms with E-state index in [1.54, 1.807) is 12.1 Å². The van der Waals surface area contributed by atoms with Gasteiger partial charge in [-0.25, -0.2) is 0 Å². The van der Waals surface area contributed by atoms with Gasteiger partial charge in [-0.3, -0.25) is 20.4 Å². The van der Waals surface area contributed by atoms with Crippen molar-refractivity contribution in [2.75, 3.05) is 0 Å². The first-order valence-electron chi connectivity index (χ1n) is 6.04. The van der Waals surface area contributed by atoms with Crippen molar-refractivity contribution in [1.82, 2.24) is 10.9 Å². The minimum atomic E-state index is -0.323. The van der Waals surface area contributed by atoms with Crippen LogP contribution in [0.2, 0.25) is 0 Å². The number of benzene rings is 2. The fourth-order valence-electron chi connectivity index (χ4n) is 1.66. The number of carbonyl (C=O) groups excluding carboxylic acids is 2. The van der Waals surface area contributed by atoms with E-state index < -0.39 is 0 Å². The topological polar surface area (TPSA) is 58.2 Å². The number of halogens is 1. The van der Waals surface area contributed by atoms with Crippen molar-refractivity contribution in [3.05, 3.63) is 69.3 Å². The van der Waals surface area contributed by atoms with Gasteiger partial charge in [0.25, 0.3) is 5.91 Å². The summed E-state index contributed by atoms with van der Waals surface area (Å²) >= 11 is 2.08. The summed E-state index contributed by atoms with van der Waals surface area (Å²) in [5, 5.41) is 0. The third-order valence-electron chi connectivity index (χ3n) is 2.64. The van der Waals surface area contributed by atoms with E-state index in [0.29, 0.717) is 5.56 Å². The van der Waals surface area contributed by atoms with Crippen LogP contribution in [0.5, 0.6) is 0 Å². The first kappa shape index (κ1) is 14.5. The van der Waals surface area contributed by atoms with E-state index in [2.05, 4.69) is 33.4 Å². The molecule has 0 aliphatic carbocycles. The minimum absolute atomic E-state index is 0.229. The Balaban J connectivity index is 1.88. The summed E-state index contributed by atoms with van der Waals surface area (Å²) in [6, 6.07) is 16.5. The second-order valence-corrected chi connectivity index (χ2v) is 5.31. The molecule has 2 N–H and O–H groups in total. The maximum Gasteiger partial charge on any atom is 0.270 e. The van der Waals surface area contributed by atoms with Gasteiger partial charge in [-0.1, -0.05) is 42.5 Å². The smallest absolute Gasteiger partial charge is 0.270 e. The van der Waals surface area contributed by atoms with E-state index in [0.717, 1.165) is 9.13 Å². The van der Waals surface area contributed by atoms with Gasteiger partial charge in [0.15, 0.2) is 0 Å². The molecule has 0 aromatic heterocycles. The summed E-state index contributed by atoms with van der Waals surface area (Å²) in [7, 11) is 0. The van der Waals surface area contributed by atoms with Crippen molar-refractivity contribution < 1.29 is 9.59 Å². The van der Waals surface area contributed by atoms with Gasteiger partial charge in [0.2, 0.25) is 5.91 Å². The molecule has 20 heavy (non-hydrogen) atoms. The SMILES string of the molecule is O=C(Cc1ccccc1)NNC(=O)c1ccccc1I. The van der Waals surface area contributed by atoms with E-state index in [4.69, 9.17) is 0 Å². The number of hydrogen-bond acceptors (Lipinski definition) is 2. The Morgan fingerprint density at radius 2 is 1.55 bits per heavy atom. The largest absolute Gasteiger partial charge is 0.273 e. The van der Waals surface area contributed by atoms with Gasteiger partial charge in [0.05, 0.1) is 12.0 Å². The lowest BCUT2D eigenvalue weighted by molar-refractivity contribution is -0.121. The standard InChI is InChI=1S/C15H13IN2O2/c16-13-9-5-4-8-12(13)15(20)18-17-14(19)10-11-6-2-1-3-7-11/h1-9H,10H2,(H,17,19)(H,18,20). The Morgan fingerprint density at radius 3 is 2.25 bits per heavy atom. The quantitative estimate of drug-likeness (QED) is 0.634. The lowest BCUT2D eigenvalue weighted by Crippen LogP contribution is -2.42. The van der Waals surface area contributed by atoms with Gasteiger partial charge < -0.3 is 0 Å². The van der Waals surface area contributed by atoms with Crippen LogP contribution in [-0.4, -0.2) is 11.8 Å². The third-order valence-corrected chi connectivity index (χ3v) is 3.58. The van der Waals surface area contributed by atoms with Crippen molar-refractivity contribution in [1.29, 1.82) is 0 Å². The van der Waals surface area contributed by atoms with E-state index >= 15 is 0 Å². The molecule has 0 aliphatic heterocycles. The first-order valence-corrected chi connectivity index (χ1v) is 7.12. The molecule has 0 fully saturated rings. The van der Waals surface area contributed by atoms with Crippen LogP contribution in [0.3, 0.4) is 0 Å². The van der Waals surface area contributed by atoms with Gasteiger partial charge in [-0.2, -0.15) is 0 Å².